The summed E-state index contributed by atoms with van der Waals surface area (Å²) >= 11 is 6.38. The molecule has 0 atom stereocenters. The van der Waals surface area contributed by atoms with Gasteiger partial charge in [-0.25, -0.2) is 0 Å². The van der Waals surface area contributed by atoms with Crippen LogP contribution in [0.25, 0.3) is 17.2 Å². The Morgan fingerprint density at radius 1 is 1.11 bits per heavy atom. The third-order valence-corrected chi connectivity index (χ3v) is 4.19. The van der Waals surface area contributed by atoms with Gasteiger partial charge in [0, 0.05) is 16.1 Å². The van der Waals surface area contributed by atoms with Crippen LogP contribution in [0.15, 0.2) is 36.4 Å². The number of ether oxygens (including phenoxy) is 1. The van der Waals surface area contributed by atoms with Crippen LogP contribution >= 0.6 is 11.6 Å². The van der Waals surface area contributed by atoms with Crippen molar-refractivity contribution in [3.05, 3.63) is 58.1 Å². The lowest BCUT2D eigenvalue weighted by Gasteiger charge is -2.24. The van der Waals surface area contributed by atoms with E-state index in [0.29, 0.717) is 6.61 Å². The smallest absolute Gasteiger partial charge is 0.128 e. The highest BCUT2D eigenvalue weighted by atomic mass is 35.5. The molecule has 2 aromatic carbocycles. The average Bonchev–Trinajstić information content (AvgIpc) is 2.45. The van der Waals surface area contributed by atoms with Gasteiger partial charge in [0.25, 0.3) is 0 Å². The predicted molar refractivity (Wildman–Crippen MR) is 78.6 cm³/mol. The van der Waals surface area contributed by atoms with E-state index in [0.717, 1.165) is 34.7 Å². The molecule has 0 aromatic heterocycles. The quantitative estimate of drug-likeness (QED) is 0.663. The van der Waals surface area contributed by atoms with Crippen molar-refractivity contribution >= 4 is 17.7 Å². The lowest BCUT2D eigenvalue weighted by molar-refractivity contribution is 0.302. The second-order valence-electron chi connectivity index (χ2n) is 5.05. The third-order valence-electron chi connectivity index (χ3n) is 3.87. The number of fused-ring (bicyclic) bond motifs is 4. The summed E-state index contributed by atoms with van der Waals surface area (Å²) in [4.78, 5) is 0. The Labute approximate surface area is 117 Å². The van der Waals surface area contributed by atoms with E-state index < -0.39 is 0 Å². The van der Waals surface area contributed by atoms with Crippen LogP contribution in [0.2, 0.25) is 5.02 Å². The van der Waals surface area contributed by atoms with Crippen molar-refractivity contribution in [1.29, 1.82) is 0 Å². The first-order chi connectivity index (χ1) is 9.33. The van der Waals surface area contributed by atoms with Gasteiger partial charge in [0.2, 0.25) is 0 Å². The van der Waals surface area contributed by atoms with Gasteiger partial charge in [-0.15, -0.1) is 0 Å². The Hall–Kier alpha value is -1.73. The molecule has 1 aliphatic carbocycles. The Kier molecular flexibility index (Phi) is 2.42. The zero-order valence-electron chi connectivity index (χ0n) is 10.4. The van der Waals surface area contributed by atoms with Crippen LogP contribution in [0.1, 0.15) is 23.1 Å². The summed E-state index contributed by atoms with van der Waals surface area (Å²) in [6.45, 7) is 0.603. The first-order valence-corrected chi connectivity index (χ1v) is 6.95. The third kappa shape index (κ3) is 1.69. The predicted octanol–water partition coefficient (Wildman–Crippen LogP) is 4.86. The number of aryl methyl sites for hydroxylation is 1. The lowest BCUT2D eigenvalue weighted by atomic mass is 9.90. The van der Waals surface area contributed by atoms with E-state index in [4.69, 9.17) is 16.3 Å². The molecular weight excluding hydrogens is 256 g/mol. The first-order valence-electron chi connectivity index (χ1n) is 6.57. The summed E-state index contributed by atoms with van der Waals surface area (Å²) < 4.78 is 5.88. The minimum absolute atomic E-state index is 0.603. The van der Waals surface area contributed by atoms with Crippen LogP contribution < -0.4 is 4.74 Å². The van der Waals surface area contributed by atoms with Crippen LogP contribution in [-0.4, -0.2) is 0 Å². The fourth-order valence-corrected chi connectivity index (χ4v) is 3.22. The molecule has 0 spiro atoms. The lowest BCUT2D eigenvalue weighted by Crippen LogP contribution is -2.07. The maximum absolute atomic E-state index is 6.38. The molecule has 0 N–H and O–H groups in total. The number of benzene rings is 2. The van der Waals surface area contributed by atoms with Gasteiger partial charge in [0.1, 0.15) is 12.4 Å². The van der Waals surface area contributed by atoms with Gasteiger partial charge in [-0.3, -0.25) is 0 Å². The molecule has 0 bridgehead atoms. The summed E-state index contributed by atoms with van der Waals surface area (Å²) in [6.07, 6.45) is 6.62. The summed E-state index contributed by atoms with van der Waals surface area (Å²) in [6, 6.07) is 10.4. The molecule has 0 unspecified atom stereocenters. The van der Waals surface area contributed by atoms with Gasteiger partial charge < -0.3 is 4.74 Å². The van der Waals surface area contributed by atoms with Crippen molar-refractivity contribution in [1.82, 2.24) is 0 Å². The van der Waals surface area contributed by atoms with E-state index in [2.05, 4.69) is 30.4 Å². The molecule has 0 radical (unpaired) electrons. The van der Waals surface area contributed by atoms with Gasteiger partial charge in [-0.2, -0.15) is 0 Å². The highest BCUT2D eigenvalue weighted by molar-refractivity contribution is 6.33. The molecule has 2 heteroatoms. The molecule has 1 nitrogen and oxygen atoms in total. The van der Waals surface area contributed by atoms with Crippen LogP contribution in [0.5, 0.6) is 5.75 Å². The van der Waals surface area contributed by atoms with Crippen molar-refractivity contribution in [2.24, 2.45) is 0 Å². The average molecular weight is 269 g/mol. The molecule has 0 fully saturated rings. The van der Waals surface area contributed by atoms with E-state index in [1.54, 1.807) is 0 Å². The zero-order chi connectivity index (χ0) is 12.8. The minimum Gasteiger partial charge on any atom is -0.488 e. The molecule has 94 valence electrons. The van der Waals surface area contributed by atoms with E-state index >= 15 is 0 Å². The Morgan fingerprint density at radius 2 is 2.05 bits per heavy atom. The number of hydrogen-bond acceptors (Lipinski definition) is 1. The number of rotatable bonds is 0. The van der Waals surface area contributed by atoms with Crippen LogP contribution in [0.4, 0.5) is 0 Å². The molecule has 4 rings (SSSR count). The van der Waals surface area contributed by atoms with E-state index in [1.807, 2.05) is 12.1 Å². The van der Waals surface area contributed by atoms with Gasteiger partial charge in [-0.1, -0.05) is 35.9 Å². The van der Waals surface area contributed by atoms with Gasteiger partial charge in [0.05, 0.1) is 0 Å². The summed E-state index contributed by atoms with van der Waals surface area (Å²) in [5.41, 5.74) is 6.12. The topological polar surface area (TPSA) is 9.23 Å². The normalized spacial score (nSPS) is 15.2. The summed E-state index contributed by atoms with van der Waals surface area (Å²) in [5, 5.41) is 0.813. The zero-order valence-corrected chi connectivity index (χ0v) is 11.2. The maximum atomic E-state index is 6.38. The van der Waals surface area contributed by atoms with Gasteiger partial charge >= 0.3 is 0 Å². The van der Waals surface area contributed by atoms with Gasteiger partial charge in [-0.05, 0) is 47.7 Å². The number of allylic oxidation sites excluding steroid dienone is 1. The van der Waals surface area contributed by atoms with E-state index in [9.17, 15) is 0 Å². The van der Waals surface area contributed by atoms with Gasteiger partial charge in [0.15, 0.2) is 0 Å². The number of hydrogen-bond donors (Lipinski definition) is 0. The Morgan fingerprint density at radius 3 is 3.00 bits per heavy atom. The minimum atomic E-state index is 0.603. The largest absolute Gasteiger partial charge is 0.488 e. The monoisotopic (exact) mass is 268 g/mol. The molecule has 2 aromatic rings. The maximum Gasteiger partial charge on any atom is 0.128 e. The SMILES string of the molecule is Clc1cccc2c1-c1cc3c(cc1OC2)C=CCC3. The highest BCUT2D eigenvalue weighted by Gasteiger charge is 2.21. The first kappa shape index (κ1) is 11.1. The molecule has 2 aliphatic rings. The second kappa shape index (κ2) is 4.14. The Balaban J connectivity index is 1.99. The van der Waals surface area contributed by atoms with E-state index in [1.165, 1.54) is 16.7 Å². The van der Waals surface area contributed by atoms with Crippen LogP contribution in [0, 0.1) is 0 Å². The fraction of sp³-hybridized carbons (Fsp3) is 0.176. The van der Waals surface area contributed by atoms with E-state index in [-0.39, 0.29) is 0 Å². The van der Waals surface area contributed by atoms with Crippen molar-refractivity contribution in [2.45, 2.75) is 19.4 Å². The van der Waals surface area contributed by atoms with Crippen molar-refractivity contribution in [3.8, 4) is 16.9 Å². The molecular formula is C17H13ClO. The summed E-state index contributed by atoms with van der Waals surface area (Å²) in [5.74, 6) is 0.950. The molecule has 0 saturated carbocycles. The molecule has 0 saturated heterocycles. The molecule has 19 heavy (non-hydrogen) atoms. The molecule has 1 heterocycles. The van der Waals surface area contributed by atoms with Crippen molar-refractivity contribution < 1.29 is 4.74 Å². The highest BCUT2D eigenvalue weighted by Crippen LogP contribution is 2.43. The van der Waals surface area contributed by atoms with Crippen molar-refractivity contribution in [2.75, 3.05) is 0 Å². The fourth-order valence-electron chi connectivity index (χ4n) is 2.92. The van der Waals surface area contributed by atoms with Crippen LogP contribution in [-0.2, 0) is 13.0 Å². The van der Waals surface area contributed by atoms with Crippen molar-refractivity contribution in [3.63, 3.8) is 0 Å². The standard InChI is InChI=1S/C17H13ClO/c18-15-7-3-6-13-10-19-16-9-12-5-2-1-4-11(12)8-14(16)17(13)15/h2-3,5-9H,1,4,10H2. The number of halogens is 1. The van der Waals surface area contributed by atoms with Crippen LogP contribution in [0.3, 0.4) is 0 Å². The summed E-state index contributed by atoms with van der Waals surface area (Å²) in [7, 11) is 0. The molecule has 0 amide bonds. The molecule has 1 aliphatic heterocycles. The Bertz CT molecular complexity index is 701. The second-order valence-corrected chi connectivity index (χ2v) is 5.46.